The fourth-order valence-electron chi connectivity index (χ4n) is 11.3. The van der Waals surface area contributed by atoms with E-state index in [1.807, 2.05) is 21.1 Å². The third kappa shape index (κ3) is 75.5. The Balaban J connectivity index is 4.02. The molecule has 2 unspecified atom stereocenters. The van der Waals surface area contributed by atoms with E-state index in [2.05, 4.69) is 111 Å². The maximum atomic E-state index is 13.0. The number of carboxylic acid groups (broad SMARTS) is 1. The van der Waals surface area contributed by atoms with Gasteiger partial charge in [0.15, 0.2) is 6.10 Å². The third-order valence-electron chi connectivity index (χ3n) is 17.3. The molecule has 0 amide bonds. The molecule has 1 N–H and O–H groups in total. The van der Waals surface area contributed by atoms with E-state index < -0.39 is 24.3 Å². The Morgan fingerprint density at radius 1 is 0.333 bits per heavy atom. The first kappa shape index (κ1) is 89.2. The highest BCUT2D eigenvalue weighted by molar-refractivity contribution is 5.71. The van der Waals surface area contributed by atoms with E-state index in [1.165, 1.54) is 250 Å². The lowest BCUT2D eigenvalue weighted by molar-refractivity contribution is -0.870. The molecule has 0 saturated carbocycles. The quantitative estimate of drug-likeness (QED) is 0.0211. The molecule has 9 heteroatoms. The second-order valence-corrected chi connectivity index (χ2v) is 27.6. The lowest BCUT2D eigenvalue weighted by Crippen LogP contribution is -2.40. The van der Waals surface area contributed by atoms with Crippen LogP contribution in [-0.2, 0) is 33.3 Å². The summed E-state index contributed by atoms with van der Waals surface area (Å²) >= 11 is 0. The van der Waals surface area contributed by atoms with Gasteiger partial charge in [0.1, 0.15) is 13.2 Å². The first-order valence-corrected chi connectivity index (χ1v) is 39.4. The van der Waals surface area contributed by atoms with Gasteiger partial charge in [-0.15, -0.1) is 0 Å². The number of carbonyl (C=O) groups excluding carboxylic acids is 2. The van der Waals surface area contributed by atoms with Gasteiger partial charge in [-0.25, -0.2) is 4.79 Å². The Labute approximate surface area is 575 Å². The molecule has 0 aromatic heterocycles. The molecule has 0 heterocycles. The summed E-state index contributed by atoms with van der Waals surface area (Å²) < 4.78 is 23.0. The standard InChI is InChI=1S/C84H149NO8/c1-6-8-10-12-14-16-18-20-22-24-26-28-30-32-34-36-38-40-41-43-44-46-48-50-52-54-56-58-60-62-64-66-68-70-72-74-81(86)91-78-80(79-92-84(83(88)89)90-77-76-85(3,4)5)93-82(87)75-73-71-69-67-65-63-61-59-57-55-53-51-49-47-45-42-39-37-35-33-31-29-27-25-23-21-19-17-15-13-11-9-7-2/h9,11,15,17-18,20-21,23-24,26-27,29,33,35,39,42,80,84H,6-8,10,12-14,16,19,22,25,28,30-32,34,36-38,40-41,43-79H2,1-5H3/p+1/b11-9-,17-15-,20-18-,23-21-,26-24-,29-27-,35-33-,42-39-. The zero-order chi connectivity index (χ0) is 67.5. The molecule has 93 heavy (non-hydrogen) atoms. The summed E-state index contributed by atoms with van der Waals surface area (Å²) in [6.45, 7) is 4.80. The van der Waals surface area contributed by atoms with Crippen LogP contribution in [0.4, 0.5) is 0 Å². The van der Waals surface area contributed by atoms with Gasteiger partial charge in [-0.05, 0) is 96.3 Å². The van der Waals surface area contributed by atoms with Crippen molar-refractivity contribution in [2.75, 3.05) is 47.5 Å². The van der Waals surface area contributed by atoms with Crippen LogP contribution in [0.3, 0.4) is 0 Å². The fourth-order valence-corrected chi connectivity index (χ4v) is 11.3. The van der Waals surface area contributed by atoms with Gasteiger partial charge in [-0.3, -0.25) is 9.59 Å². The molecule has 0 aromatic rings. The summed E-state index contributed by atoms with van der Waals surface area (Å²) in [6, 6.07) is 0. The highest BCUT2D eigenvalue weighted by Crippen LogP contribution is 2.19. The van der Waals surface area contributed by atoms with Crippen molar-refractivity contribution in [1.82, 2.24) is 0 Å². The maximum Gasteiger partial charge on any atom is 0.361 e. The van der Waals surface area contributed by atoms with E-state index in [4.69, 9.17) is 18.9 Å². The highest BCUT2D eigenvalue weighted by Gasteiger charge is 2.25. The Bertz CT molecular complexity index is 1850. The van der Waals surface area contributed by atoms with Gasteiger partial charge >= 0.3 is 17.9 Å². The Hall–Kier alpha value is -3.79. The van der Waals surface area contributed by atoms with Gasteiger partial charge < -0.3 is 28.5 Å². The van der Waals surface area contributed by atoms with Gasteiger partial charge in [-0.2, -0.15) is 0 Å². The average molecular weight is 1300 g/mol. The molecule has 0 fully saturated rings. The zero-order valence-corrected chi connectivity index (χ0v) is 61.7. The number of likely N-dealkylation sites (N-methyl/N-ethyl adjacent to an activating group) is 1. The average Bonchev–Trinajstić information content (AvgIpc) is 3.74. The minimum absolute atomic E-state index is 0.181. The summed E-state index contributed by atoms with van der Waals surface area (Å²) in [5.74, 6) is -1.99. The number of rotatable bonds is 73. The Morgan fingerprint density at radius 3 is 0.914 bits per heavy atom. The van der Waals surface area contributed by atoms with E-state index in [0.717, 1.165) is 83.5 Å². The lowest BCUT2D eigenvalue weighted by Gasteiger charge is -2.25. The van der Waals surface area contributed by atoms with Crippen LogP contribution in [0.15, 0.2) is 97.2 Å². The summed E-state index contributed by atoms with van der Waals surface area (Å²) in [6.07, 6.45) is 99.8. The minimum atomic E-state index is -1.51. The van der Waals surface area contributed by atoms with Crippen molar-refractivity contribution in [2.45, 2.75) is 373 Å². The van der Waals surface area contributed by atoms with Gasteiger partial charge in [0, 0.05) is 12.8 Å². The van der Waals surface area contributed by atoms with E-state index in [-0.39, 0.29) is 32.2 Å². The van der Waals surface area contributed by atoms with Crippen LogP contribution in [0.2, 0.25) is 0 Å². The topological polar surface area (TPSA) is 108 Å². The van der Waals surface area contributed by atoms with Crippen LogP contribution in [0, 0.1) is 0 Å². The minimum Gasteiger partial charge on any atom is -0.477 e. The van der Waals surface area contributed by atoms with Crippen molar-refractivity contribution in [3.63, 3.8) is 0 Å². The number of allylic oxidation sites excluding steroid dienone is 16. The molecular formula is C84H150NO8+. The van der Waals surface area contributed by atoms with Crippen molar-refractivity contribution in [2.24, 2.45) is 0 Å². The zero-order valence-electron chi connectivity index (χ0n) is 61.7. The predicted octanol–water partition coefficient (Wildman–Crippen LogP) is 25.1. The Morgan fingerprint density at radius 2 is 0.613 bits per heavy atom. The SMILES string of the molecule is CC/C=C\C/C=C\C/C=C\C/C=C\C/C=C\C/C=C\CCCCCCCCCCCCCCCCC(=O)OC(COC(=O)CCCCCCCCCCCCCCCCCCCCCCCCC/C=C\C/C=C\CCCCCCC)COC(OCC[N+](C)(C)C)C(=O)O. The number of quaternary nitrogens is 1. The molecule has 9 nitrogen and oxygen atoms in total. The summed E-state index contributed by atoms with van der Waals surface area (Å²) in [4.78, 5) is 37.7. The normalized spacial score (nSPS) is 13.2. The first-order chi connectivity index (χ1) is 45.6. The van der Waals surface area contributed by atoms with Crippen LogP contribution >= 0.6 is 0 Å². The number of hydrogen-bond donors (Lipinski definition) is 1. The largest absolute Gasteiger partial charge is 0.477 e. The number of carboxylic acids is 1. The second-order valence-electron chi connectivity index (χ2n) is 27.6. The summed E-state index contributed by atoms with van der Waals surface area (Å²) in [7, 11) is 5.99. The number of hydrogen-bond acceptors (Lipinski definition) is 7. The smallest absolute Gasteiger partial charge is 0.361 e. The molecule has 538 valence electrons. The van der Waals surface area contributed by atoms with Crippen LogP contribution < -0.4 is 0 Å². The third-order valence-corrected chi connectivity index (χ3v) is 17.3. The molecule has 2 atom stereocenters. The molecule has 0 radical (unpaired) electrons. The molecule has 0 aliphatic heterocycles. The molecule has 0 spiro atoms. The van der Waals surface area contributed by atoms with Crippen molar-refractivity contribution in [1.29, 1.82) is 0 Å². The monoisotopic (exact) mass is 1300 g/mol. The maximum absolute atomic E-state index is 13.0. The number of carbonyl (C=O) groups is 3. The van der Waals surface area contributed by atoms with Gasteiger partial charge in [0.2, 0.25) is 0 Å². The molecule has 0 aliphatic carbocycles. The second kappa shape index (κ2) is 74.0. The van der Waals surface area contributed by atoms with Crippen LogP contribution in [-0.4, -0.2) is 87.4 Å². The Kier molecular flexibility index (Phi) is 71.0. The van der Waals surface area contributed by atoms with Gasteiger partial charge in [0.05, 0.1) is 34.4 Å². The molecular weight excluding hydrogens is 1150 g/mol. The predicted molar refractivity (Wildman–Crippen MR) is 401 cm³/mol. The van der Waals surface area contributed by atoms with Crippen molar-refractivity contribution < 1.29 is 42.9 Å². The number of nitrogens with zero attached hydrogens (tertiary/aromatic N) is 1. The van der Waals surface area contributed by atoms with Crippen LogP contribution in [0.1, 0.15) is 361 Å². The lowest BCUT2D eigenvalue weighted by atomic mass is 10.0. The fraction of sp³-hybridized carbons (Fsp3) is 0.774. The van der Waals surface area contributed by atoms with E-state index in [1.54, 1.807) is 0 Å². The van der Waals surface area contributed by atoms with Crippen LogP contribution in [0.5, 0.6) is 0 Å². The van der Waals surface area contributed by atoms with Crippen molar-refractivity contribution >= 4 is 17.9 Å². The number of esters is 2. The molecule has 0 saturated heterocycles. The van der Waals surface area contributed by atoms with E-state index in [9.17, 15) is 19.5 Å². The number of ether oxygens (including phenoxy) is 4. The molecule has 0 aromatic carbocycles. The van der Waals surface area contributed by atoms with Crippen molar-refractivity contribution in [3.8, 4) is 0 Å². The molecule has 0 aliphatic rings. The number of aliphatic carboxylic acids is 1. The summed E-state index contributed by atoms with van der Waals surface area (Å²) in [5.41, 5.74) is 0. The highest BCUT2D eigenvalue weighted by atomic mass is 16.7. The molecule has 0 bridgehead atoms. The van der Waals surface area contributed by atoms with Crippen molar-refractivity contribution in [3.05, 3.63) is 97.2 Å². The van der Waals surface area contributed by atoms with E-state index >= 15 is 0 Å². The summed E-state index contributed by atoms with van der Waals surface area (Å²) in [5, 5.41) is 9.77. The van der Waals surface area contributed by atoms with Gasteiger partial charge in [0.25, 0.3) is 6.29 Å². The molecule has 0 rings (SSSR count). The van der Waals surface area contributed by atoms with Gasteiger partial charge in [-0.1, -0.05) is 349 Å². The number of unbranched alkanes of at least 4 members (excludes halogenated alkanes) is 42. The van der Waals surface area contributed by atoms with Crippen LogP contribution in [0.25, 0.3) is 0 Å². The first-order valence-electron chi connectivity index (χ1n) is 39.4. The van der Waals surface area contributed by atoms with E-state index in [0.29, 0.717) is 17.4 Å².